The number of ether oxygens (including phenoxy) is 1. The summed E-state index contributed by atoms with van der Waals surface area (Å²) in [6, 6.07) is 1.67. The Bertz CT molecular complexity index is 546. The summed E-state index contributed by atoms with van der Waals surface area (Å²) in [6.45, 7) is 0.545. The highest BCUT2D eigenvalue weighted by atomic mass is 19.1. The van der Waals surface area contributed by atoms with Gasteiger partial charge in [-0.2, -0.15) is 0 Å². The molecule has 1 unspecified atom stereocenters. The van der Waals surface area contributed by atoms with Crippen molar-refractivity contribution in [2.24, 2.45) is 0 Å². The summed E-state index contributed by atoms with van der Waals surface area (Å²) in [7, 11) is 1.18. The molecular weight excluding hydrogens is 275 g/mol. The van der Waals surface area contributed by atoms with Crippen molar-refractivity contribution in [1.82, 2.24) is 0 Å². The number of carbonyl (C=O) groups is 1. The van der Waals surface area contributed by atoms with Crippen molar-refractivity contribution in [1.29, 1.82) is 0 Å². The SMILES string of the molecule is COc1cc(NCC(C)(O)C(=O)O)c(F)cc1[N+](=O)[O-]. The van der Waals surface area contributed by atoms with Gasteiger partial charge in [0.05, 0.1) is 30.3 Å². The van der Waals surface area contributed by atoms with Gasteiger partial charge in [0, 0.05) is 6.07 Å². The summed E-state index contributed by atoms with van der Waals surface area (Å²) < 4.78 is 18.4. The monoisotopic (exact) mass is 288 g/mol. The second-order valence-corrected chi connectivity index (χ2v) is 4.19. The number of rotatable bonds is 6. The fourth-order valence-electron chi connectivity index (χ4n) is 1.33. The number of hydrogen-bond acceptors (Lipinski definition) is 6. The molecule has 9 heteroatoms. The van der Waals surface area contributed by atoms with E-state index in [0.717, 1.165) is 13.0 Å². The highest BCUT2D eigenvalue weighted by molar-refractivity contribution is 5.77. The number of carboxylic acid groups (broad SMARTS) is 1. The van der Waals surface area contributed by atoms with E-state index in [0.29, 0.717) is 6.07 Å². The molecule has 0 radical (unpaired) electrons. The maximum atomic E-state index is 13.7. The molecule has 0 saturated carbocycles. The van der Waals surface area contributed by atoms with Crippen LogP contribution >= 0.6 is 0 Å². The Morgan fingerprint density at radius 2 is 2.20 bits per heavy atom. The van der Waals surface area contributed by atoms with Crippen molar-refractivity contribution in [3.05, 3.63) is 28.1 Å². The quantitative estimate of drug-likeness (QED) is 0.527. The largest absolute Gasteiger partial charge is 0.490 e. The zero-order chi connectivity index (χ0) is 15.5. The maximum absolute atomic E-state index is 13.7. The number of halogens is 1. The van der Waals surface area contributed by atoms with Gasteiger partial charge in [0.1, 0.15) is 0 Å². The van der Waals surface area contributed by atoms with Gasteiger partial charge in [-0.25, -0.2) is 9.18 Å². The van der Waals surface area contributed by atoms with Crippen LogP contribution in [0.25, 0.3) is 0 Å². The van der Waals surface area contributed by atoms with Crippen LogP contribution in [0, 0.1) is 15.9 Å². The Morgan fingerprint density at radius 1 is 1.60 bits per heavy atom. The number of nitrogens with zero attached hydrogens (tertiary/aromatic N) is 1. The first-order valence-corrected chi connectivity index (χ1v) is 5.40. The number of aliphatic carboxylic acids is 1. The average Bonchev–Trinajstić information content (AvgIpc) is 2.36. The van der Waals surface area contributed by atoms with Gasteiger partial charge < -0.3 is 20.3 Å². The summed E-state index contributed by atoms with van der Waals surface area (Å²) in [5.41, 5.74) is -2.88. The molecule has 1 aromatic rings. The molecule has 0 saturated heterocycles. The first-order chi connectivity index (χ1) is 9.19. The van der Waals surface area contributed by atoms with E-state index in [2.05, 4.69) is 5.32 Å². The summed E-state index contributed by atoms with van der Waals surface area (Å²) in [6.07, 6.45) is 0. The highest BCUT2D eigenvalue weighted by Gasteiger charge is 2.30. The van der Waals surface area contributed by atoms with Gasteiger partial charge in [-0.1, -0.05) is 0 Å². The van der Waals surface area contributed by atoms with Gasteiger partial charge in [-0.05, 0) is 6.92 Å². The minimum absolute atomic E-state index is 0.186. The van der Waals surface area contributed by atoms with Crippen molar-refractivity contribution >= 4 is 17.3 Å². The first-order valence-electron chi connectivity index (χ1n) is 5.40. The summed E-state index contributed by atoms with van der Waals surface area (Å²) >= 11 is 0. The van der Waals surface area contributed by atoms with E-state index < -0.39 is 34.5 Å². The van der Waals surface area contributed by atoms with Crippen molar-refractivity contribution in [3.63, 3.8) is 0 Å². The third kappa shape index (κ3) is 3.32. The van der Waals surface area contributed by atoms with Crippen LogP contribution in [0.5, 0.6) is 5.75 Å². The molecule has 0 aliphatic carbocycles. The second kappa shape index (κ2) is 5.70. The van der Waals surface area contributed by atoms with Gasteiger partial charge in [0.2, 0.25) is 0 Å². The molecule has 3 N–H and O–H groups in total. The van der Waals surface area contributed by atoms with E-state index in [1.165, 1.54) is 7.11 Å². The lowest BCUT2D eigenvalue weighted by Gasteiger charge is -2.19. The molecule has 1 rings (SSSR count). The standard InChI is InChI=1S/C11H13FN2O6/c1-11(17,10(15)16)5-13-7-4-9(20-2)8(14(18)19)3-6(7)12/h3-4,13,17H,5H2,1-2H3,(H,15,16). The highest BCUT2D eigenvalue weighted by Crippen LogP contribution is 2.32. The summed E-state index contributed by atoms with van der Waals surface area (Å²) in [4.78, 5) is 20.6. The molecule has 1 aromatic carbocycles. The number of hydrogen-bond donors (Lipinski definition) is 3. The van der Waals surface area contributed by atoms with E-state index in [-0.39, 0.29) is 11.4 Å². The van der Waals surface area contributed by atoms with E-state index in [1.807, 2.05) is 0 Å². The van der Waals surface area contributed by atoms with E-state index in [9.17, 15) is 24.4 Å². The Balaban J connectivity index is 3.03. The molecule has 8 nitrogen and oxygen atoms in total. The van der Waals surface area contributed by atoms with Gasteiger partial charge in [0.15, 0.2) is 17.2 Å². The molecule has 0 amide bonds. The smallest absolute Gasteiger partial charge is 0.337 e. The van der Waals surface area contributed by atoms with Crippen LogP contribution in [0.3, 0.4) is 0 Å². The lowest BCUT2D eigenvalue weighted by molar-refractivity contribution is -0.385. The Hall–Kier alpha value is -2.42. The van der Waals surface area contributed by atoms with Crippen LogP contribution < -0.4 is 10.1 Å². The number of nitrogens with one attached hydrogen (secondary N) is 1. The molecular formula is C11H13FN2O6. The van der Waals surface area contributed by atoms with E-state index in [1.54, 1.807) is 0 Å². The Kier molecular flexibility index (Phi) is 4.45. The van der Waals surface area contributed by atoms with Crippen LogP contribution in [0.1, 0.15) is 6.92 Å². The predicted molar refractivity (Wildman–Crippen MR) is 66.4 cm³/mol. The van der Waals surface area contributed by atoms with Gasteiger partial charge >= 0.3 is 11.7 Å². The predicted octanol–water partition coefficient (Wildman–Crippen LogP) is 0.990. The molecule has 1 atom stereocenters. The van der Waals surface area contributed by atoms with Crippen molar-refractivity contribution < 1.29 is 29.1 Å². The molecule has 20 heavy (non-hydrogen) atoms. The van der Waals surface area contributed by atoms with Gasteiger partial charge in [-0.15, -0.1) is 0 Å². The summed E-state index contributed by atoms with van der Waals surface area (Å²) in [5, 5.41) is 31.2. The molecule has 0 fully saturated rings. The maximum Gasteiger partial charge on any atom is 0.337 e. The zero-order valence-corrected chi connectivity index (χ0v) is 10.7. The minimum Gasteiger partial charge on any atom is -0.490 e. The topological polar surface area (TPSA) is 122 Å². The third-order valence-electron chi connectivity index (χ3n) is 2.55. The van der Waals surface area contributed by atoms with Gasteiger partial charge in [-0.3, -0.25) is 10.1 Å². The molecule has 0 spiro atoms. The van der Waals surface area contributed by atoms with Crippen LogP contribution in [0.4, 0.5) is 15.8 Å². The van der Waals surface area contributed by atoms with Crippen LogP contribution in [-0.4, -0.2) is 40.4 Å². The zero-order valence-electron chi connectivity index (χ0n) is 10.7. The number of nitro groups is 1. The van der Waals surface area contributed by atoms with E-state index in [4.69, 9.17) is 9.84 Å². The number of methoxy groups -OCH3 is 1. The van der Waals surface area contributed by atoms with Crippen molar-refractivity contribution in [2.75, 3.05) is 19.0 Å². The van der Waals surface area contributed by atoms with Crippen LogP contribution in [0.2, 0.25) is 0 Å². The molecule has 0 aliphatic rings. The van der Waals surface area contributed by atoms with Crippen LogP contribution in [-0.2, 0) is 4.79 Å². The van der Waals surface area contributed by atoms with Crippen molar-refractivity contribution in [2.45, 2.75) is 12.5 Å². The number of nitro benzene ring substituents is 1. The Labute approximate surface area is 112 Å². The number of carboxylic acids is 1. The van der Waals surface area contributed by atoms with Crippen LogP contribution in [0.15, 0.2) is 12.1 Å². The lowest BCUT2D eigenvalue weighted by Crippen LogP contribution is -2.41. The van der Waals surface area contributed by atoms with Gasteiger partial charge in [0.25, 0.3) is 0 Å². The molecule has 0 aromatic heterocycles. The normalized spacial score (nSPS) is 13.4. The molecule has 0 bridgehead atoms. The molecule has 110 valence electrons. The first kappa shape index (κ1) is 15.6. The van der Waals surface area contributed by atoms with E-state index >= 15 is 0 Å². The van der Waals surface area contributed by atoms with Crippen molar-refractivity contribution in [3.8, 4) is 5.75 Å². The fraction of sp³-hybridized carbons (Fsp3) is 0.364. The Morgan fingerprint density at radius 3 is 2.65 bits per heavy atom. The minimum atomic E-state index is -2.11. The lowest BCUT2D eigenvalue weighted by atomic mass is 10.1. The fourth-order valence-corrected chi connectivity index (χ4v) is 1.33. The third-order valence-corrected chi connectivity index (χ3v) is 2.55. The number of benzene rings is 1. The second-order valence-electron chi connectivity index (χ2n) is 4.19. The number of aliphatic hydroxyl groups is 1. The molecule has 0 aliphatic heterocycles. The average molecular weight is 288 g/mol. The molecule has 0 heterocycles. The summed E-state index contributed by atoms with van der Waals surface area (Å²) in [5.74, 6) is -2.63. The number of anilines is 1.